The van der Waals surface area contributed by atoms with Crippen LogP contribution in [0.4, 0.5) is 0 Å². The van der Waals surface area contributed by atoms with Gasteiger partial charge in [0.2, 0.25) is 0 Å². The Hall–Kier alpha value is -0.120. The summed E-state index contributed by atoms with van der Waals surface area (Å²) >= 11 is 0. The van der Waals surface area contributed by atoms with E-state index in [0.717, 1.165) is 13.1 Å². The van der Waals surface area contributed by atoms with Gasteiger partial charge in [0, 0.05) is 20.2 Å². The summed E-state index contributed by atoms with van der Waals surface area (Å²) in [5.41, 5.74) is 6.37. The van der Waals surface area contributed by atoms with Crippen LogP contribution in [0.5, 0.6) is 0 Å². The summed E-state index contributed by atoms with van der Waals surface area (Å²) in [7, 11) is 1.84. The number of methoxy groups -OCH3 is 1. The molecule has 1 saturated heterocycles. The maximum absolute atomic E-state index is 5.92. The lowest BCUT2D eigenvalue weighted by Gasteiger charge is -2.47. The molecule has 2 aliphatic rings. The standard InChI is InChI=1S/C13H26N2O/c1-11-4-7-15(8-12(11)16-2)10-13(9-14)5-3-6-13/h11-12H,3-10,14H2,1-2H3. The molecule has 0 radical (unpaired) electrons. The van der Waals surface area contributed by atoms with Crippen LogP contribution in [-0.2, 0) is 4.74 Å². The third-order valence-electron chi connectivity index (χ3n) is 4.68. The molecule has 2 rings (SSSR count). The maximum Gasteiger partial charge on any atom is 0.0724 e. The average Bonchev–Trinajstić information content (AvgIpc) is 2.25. The van der Waals surface area contributed by atoms with E-state index in [9.17, 15) is 0 Å². The molecule has 0 aromatic heterocycles. The van der Waals surface area contributed by atoms with Gasteiger partial charge in [0.05, 0.1) is 6.10 Å². The van der Waals surface area contributed by atoms with Crippen LogP contribution in [-0.4, -0.2) is 44.3 Å². The maximum atomic E-state index is 5.92. The number of nitrogens with zero attached hydrogens (tertiary/aromatic N) is 1. The molecule has 1 aliphatic carbocycles. The third-order valence-corrected chi connectivity index (χ3v) is 4.68. The van der Waals surface area contributed by atoms with E-state index in [4.69, 9.17) is 10.5 Å². The number of ether oxygens (including phenoxy) is 1. The fourth-order valence-corrected chi connectivity index (χ4v) is 3.13. The summed E-state index contributed by atoms with van der Waals surface area (Å²) in [4.78, 5) is 2.57. The first-order valence-electron chi connectivity index (χ1n) is 6.64. The van der Waals surface area contributed by atoms with Gasteiger partial charge < -0.3 is 15.4 Å². The van der Waals surface area contributed by atoms with Crippen molar-refractivity contribution in [3.8, 4) is 0 Å². The van der Waals surface area contributed by atoms with Crippen molar-refractivity contribution in [2.24, 2.45) is 17.1 Å². The lowest BCUT2D eigenvalue weighted by Crippen LogP contribution is -2.52. The van der Waals surface area contributed by atoms with Crippen LogP contribution in [0.25, 0.3) is 0 Å². The zero-order chi connectivity index (χ0) is 11.6. The number of hydrogen-bond acceptors (Lipinski definition) is 3. The van der Waals surface area contributed by atoms with Gasteiger partial charge in [-0.3, -0.25) is 0 Å². The van der Waals surface area contributed by atoms with Crippen molar-refractivity contribution in [1.29, 1.82) is 0 Å². The Labute approximate surface area is 99.3 Å². The van der Waals surface area contributed by atoms with Gasteiger partial charge in [0.15, 0.2) is 0 Å². The van der Waals surface area contributed by atoms with Crippen molar-refractivity contribution in [1.82, 2.24) is 4.90 Å². The normalized spacial score (nSPS) is 34.7. The lowest BCUT2D eigenvalue weighted by molar-refractivity contribution is -0.0283. The van der Waals surface area contributed by atoms with E-state index in [0.29, 0.717) is 17.4 Å². The van der Waals surface area contributed by atoms with Gasteiger partial charge in [-0.05, 0) is 43.7 Å². The van der Waals surface area contributed by atoms with Crippen molar-refractivity contribution in [2.75, 3.05) is 33.3 Å². The summed E-state index contributed by atoms with van der Waals surface area (Å²) in [6.45, 7) is 6.67. The van der Waals surface area contributed by atoms with Crippen LogP contribution < -0.4 is 5.73 Å². The smallest absolute Gasteiger partial charge is 0.0724 e. The van der Waals surface area contributed by atoms with E-state index < -0.39 is 0 Å². The Morgan fingerprint density at radius 3 is 2.69 bits per heavy atom. The highest BCUT2D eigenvalue weighted by Gasteiger charge is 2.38. The molecular formula is C13H26N2O. The van der Waals surface area contributed by atoms with E-state index in [1.165, 1.54) is 38.8 Å². The van der Waals surface area contributed by atoms with Gasteiger partial charge in [-0.2, -0.15) is 0 Å². The van der Waals surface area contributed by atoms with E-state index in [-0.39, 0.29) is 0 Å². The molecule has 1 aliphatic heterocycles. The molecule has 3 nitrogen and oxygen atoms in total. The molecule has 2 atom stereocenters. The Morgan fingerprint density at radius 2 is 2.19 bits per heavy atom. The molecule has 2 fully saturated rings. The predicted octanol–water partition coefficient (Wildman–Crippen LogP) is 1.47. The molecule has 16 heavy (non-hydrogen) atoms. The van der Waals surface area contributed by atoms with E-state index in [1.807, 2.05) is 7.11 Å². The van der Waals surface area contributed by atoms with Gasteiger partial charge in [-0.15, -0.1) is 0 Å². The summed E-state index contributed by atoms with van der Waals surface area (Å²) < 4.78 is 5.56. The molecule has 1 heterocycles. The van der Waals surface area contributed by atoms with Gasteiger partial charge >= 0.3 is 0 Å². The number of likely N-dealkylation sites (tertiary alicyclic amines) is 1. The summed E-state index contributed by atoms with van der Waals surface area (Å²) in [5, 5.41) is 0. The van der Waals surface area contributed by atoms with Crippen molar-refractivity contribution in [2.45, 2.75) is 38.7 Å². The molecule has 0 spiro atoms. The second kappa shape index (κ2) is 5.03. The summed E-state index contributed by atoms with van der Waals surface area (Å²) in [6.07, 6.45) is 5.71. The molecule has 3 heteroatoms. The van der Waals surface area contributed by atoms with Crippen LogP contribution in [0.3, 0.4) is 0 Å². The number of rotatable bonds is 4. The van der Waals surface area contributed by atoms with E-state index in [2.05, 4.69) is 11.8 Å². The molecule has 0 amide bonds. The number of nitrogens with two attached hydrogens (primary N) is 1. The highest BCUT2D eigenvalue weighted by molar-refractivity contribution is 4.93. The van der Waals surface area contributed by atoms with Gasteiger partial charge in [0.1, 0.15) is 0 Å². The largest absolute Gasteiger partial charge is 0.380 e. The van der Waals surface area contributed by atoms with Crippen LogP contribution in [0.2, 0.25) is 0 Å². The second-order valence-corrected chi connectivity index (χ2v) is 5.83. The second-order valence-electron chi connectivity index (χ2n) is 5.83. The molecule has 0 aromatic rings. The average molecular weight is 226 g/mol. The SMILES string of the molecule is COC1CN(CC2(CN)CCC2)CCC1C. The highest BCUT2D eigenvalue weighted by Crippen LogP contribution is 2.41. The molecule has 2 unspecified atom stereocenters. The Kier molecular flexibility index (Phi) is 3.88. The van der Waals surface area contributed by atoms with E-state index in [1.54, 1.807) is 0 Å². The molecule has 2 N–H and O–H groups in total. The zero-order valence-electron chi connectivity index (χ0n) is 10.7. The predicted molar refractivity (Wildman–Crippen MR) is 66.4 cm³/mol. The highest BCUT2D eigenvalue weighted by atomic mass is 16.5. The minimum Gasteiger partial charge on any atom is -0.380 e. The van der Waals surface area contributed by atoms with Crippen LogP contribution in [0.15, 0.2) is 0 Å². The molecule has 94 valence electrons. The van der Waals surface area contributed by atoms with Crippen molar-refractivity contribution in [3.05, 3.63) is 0 Å². The minimum absolute atomic E-state index is 0.420. The van der Waals surface area contributed by atoms with Gasteiger partial charge in [-0.25, -0.2) is 0 Å². The molecule has 0 aromatic carbocycles. The van der Waals surface area contributed by atoms with Crippen molar-refractivity contribution < 1.29 is 4.74 Å². The van der Waals surface area contributed by atoms with Gasteiger partial charge in [-0.1, -0.05) is 13.3 Å². The Morgan fingerprint density at radius 1 is 1.44 bits per heavy atom. The lowest BCUT2D eigenvalue weighted by atomic mass is 9.68. The third kappa shape index (κ3) is 2.41. The minimum atomic E-state index is 0.420. The molecule has 1 saturated carbocycles. The fraction of sp³-hybridized carbons (Fsp3) is 1.00. The first-order valence-corrected chi connectivity index (χ1v) is 6.64. The van der Waals surface area contributed by atoms with Crippen LogP contribution in [0.1, 0.15) is 32.6 Å². The quantitative estimate of drug-likeness (QED) is 0.789. The molecular weight excluding hydrogens is 200 g/mol. The van der Waals surface area contributed by atoms with Crippen LogP contribution >= 0.6 is 0 Å². The first kappa shape index (κ1) is 12.3. The van der Waals surface area contributed by atoms with Crippen LogP contribution in [0, 0.1) is 11.3 Å². The number of hydrogen-bond donors (Lipinski definition) is 1. The Bertz CT molecular complexity index is 222. The molecule has 0 bridgehead atoms. The summed E-state index contributed by atoms with van der Waals surface area (Å²) in [6, 6.07) is 0. The fourth-order valence-electron chi connectivity index (χ4n) is 3.13. The Balaban J connectivity index is 1.86. The van der Waals surface area contributed by atoms with Crippen molar-refractivity contribution >= 4 is 0 Å². The topological polar surface area (TPSA) is 38.5 Å². The summed E-state index contributed by atoms with van der Waals surface area (Å²) in [5.74, 6) is 0.705. The van der Waals surface area contributed by atoms with Crippen molar-refractivity contribution in [3.63, 3.8) is 0 Å². The first-order chi connectivity index (χ1) is 7.69. The number of piperidine rings is 1. The van der Waals surface area contributed by atoms with E-state index >= 15 is 0 Å². The monoisotopic (exact) mass is 226 g/mol. The van der Waals surface area contributed by atoms with Gasteiger partial charge in [0.25, 0.3) is 0 Å². The zero-order valence-corrected chi connectivity index (χ0v) is 10.7.